The van der Waals surface area contributed by atoms with Crippen molar-refractivity contribution in [3.8, 4) is 5.75 Å². The summed E-state index contributed by atoms with van der Waals surface area (Å²) in [7, 11) is 1.65. The van der Waals surface area contributed by atoms with Gasteiger partial charge in [-0.3, -0.25) is 9.88 Å². The number of rotatable bonds is 4. The highest BCUT2D eigenvalue weighted by Crippen LogP contribution is 2.32. The number of aromatic nitrogens is 1. The third-order valence-electron chi connectivity index (χ3n) is 4.26. The average Bonchev–Trinajstić information content (AvgIpc) is 2.47. The van der Waals surface area contributed by atoms with Gasteiger partial charge in [-0.1, -0.05) is 6.42 Å². The first-order valence-electron chi connectivity index (χ1n) is 7.05. The number of nitrogens with two attached hydrogens (primary N) is 1. The summed E-state index contributed by atoms with van der Waals surface area (Å²) in [6.45, 7) is 6.72. The number of methoxy groups -OCH3 is 1. The van der Waals surface area contributed by atoms with Crippen LogP contribution in [0.15, 0.2) is 18.5 Å². The van der Waals surface area contributed by atoms with Crippen molar-refractivity contribution in [3.05, 3.63) is 24.0 Å². The fraction of sp³-hybridized carbons (Fsp3) is 0.667. The van der Waals surface area contributed by atoms with Crippen molar-refractivity contribution in [1.82, 2.24) is 9.88 Å². The summed E-state index contributed by atoms with van der Waals surface area (Å²) in [5.41, 5.74) is 7.47. The zero-order valence-corrected chi connectivity index (χ0v) is 12.2. The maximum absolute atomic E-state index is 6.49. The molecule has 2 heterocycles. The summed E-state index contributed by atoms with van der Waals surface area (Å²) < 4.78 is 5.23. The van der Waals surface area contributed by atoms with Gasteiger partial charge in [-0.2, -0.15) is 0 Å². The molecule has 0 saturated carbocycles. The minimum absolute atomic E-state index is 0.0610. The molecule has 0 amide bonds. The highest BCUT2D eigenvalue weighted by molar-refractivity contribution is 5.27. The Balaban J connectivity index is 2.18. The summed E-state index contributed by atoms with van der Waals surface area (Å²) in [4.78, 5) is 6.71. The second-order valence-electron chi connectivity index (χ2n) is 5.84. The van der Waals surface area contributed by atoms with Crippen LogP contribution in [-0.2, 0) is 0 Å². The first kappa shape index (κ1) is 14.3. The van der Waals surface area contributed by atoms with Gasteiger partial charge in [0.1, 0.15) is 5.75 Å². The number of ether oxygens (including phenoxy) is 1. The number of piperidine rings is 1. The number of pyridine rings is 1. The van der Waals surface area contributed by atoms with Gasteiger partial charge in [-0.15, -0.1) is 0 Å². The van der Waals surface area contributed by atoms with Crippen LogP contribution in [0.25, 0.3) is 0 Å². The van der Waals surface area contributed by atoms with Gasteiger partial charge in [0.2, 0.25) is 0 Å². The monoisotopic (exact) mass is 263 g/mol. The Labute approximate surface area is 116 Å². The molecule has 2 N–H and O–H groups in total. The summed E-state index contributed by atoms with van der Waals surface area (Å²) in [5, 5.41) is 0. The van der Waals surface area contributed by atoms with Gasteiger partial charge in [-0.05, 0) is 51.4 Å². The number of hydrogen-bond donors (Lipinski definition) is 1. The lowest BCUT2D eigenvalue weighted by Gasteiger charge is -2.44. The van der Waals surface area contributed by atoms with Crippen LogP contribution in [-0.4, -0.2) is 35.6 Å². The Morgan fingerprint density at radius 2 is 1.95 bits per heavy atom. The van der Waals surface area contributed by atoms with E-state index in [-0.39, 0.29) is 11.6 Å². The molecule has 0 spiro atoms. The highest BCUT2D eigenvalue weighted by Gasteiger charge is 2.34. The van der Waals surface area contributed by atoms with E-state index < -0.39 is 0 Å². The molecule has 1 aliphatic heterocycles. The molecular weight excluding hydrogens is 238 g/mol. The zero-order valence-electron chi connectivity index (χ0n) is 12.2. The van der Waals surface area contributed by atoms with Gasteiger partial charge >= 0.3 is 0 Å². The van der Waals surface area contributed by atoms with E-state index >= 15 is 0 Å². The maximum Gasteiger partial charge on any atom is 0.137 e. The third-order valence-corrected chi connectivity index (χ3v) is 4.26. The van der Waals surface area contributed by atoms with Crippen molar-refractivity contribution >= 4 is 0 Å². The van der Waals surface area contributed by atoms with Crippen LogP contribution in [0.5, 0.6) is 5.75 Å². The molecule has 0 bridgehead atoms. The van der Waals surface area contributed by atoms with Crippen molar-refractivity contribution in [2.24, 2.45) is 5.73 Å². The molecule has 1 unspecified atom stereocenters. The standard InChI is InChI=1S/C15H25N3O/c1-15(2,18-7-5-4-6-8-18)14(16)12-9-13(19-3)11-17-10-12/h9-11,14H,4-8,16H2,1-3H3. The second-order valence-corrected chi connectivity index (χ2v) is 5.84. The Kier molecular flexibility index (Phi) is 4.42. The fourth-order valence-electron chi connectivity index (χ4n) is 2.79. The van der Waals surface area contributed by atoms with Crippen LogP contribution in [0.3, 0.4) is 0 Å². The Morgan fingerprint density at radius 3 is 2.58 bits per heavy atom. The fourth-order valence-corrected chi connectivity index (χ4v) is 2.79. The van der Waals surface area contributed by atoms with E-state index in [0.29, 0.717) is 0 Å². The molecule has 1 fully saturated rings. The van der Waals surface area contributed by atoms with Crippen LogP contribution in [0.1, 0.15) is 44.7 Å². The molecule has 0 aliphatic carbocycles. The van der Waals surface area contributed by atoms with Gasteiger partial charge in [0.05, 0.1) is 13.3 Å². The topological polar surface area (TPSA) is 51.4 Å². The molecular formula is C15H25N3O. The molecule has 106 valence electrons. The smallest absolute Gasteiger partial charge is 0.137 e. The quantitative estimate of drug-likeness (QED) is 0.906. The van der Waals surface area contributed by atoms with Crippen LogP contribution in [0.4, 0.5) is 0 Å². The van der Waals surface area contributed by atoms with Crippen LogP contribution < -0.4 is 10.5 Å². The Hall–Kier alpha value is -1.13. The van der Waals surface area contributed by atoms with Crippen molar-refractivity contribution in [1.29, 1.82) is 0 Å². The Morgan fingerprint density at radius 1 is 1.26 bits per heavy atom. The maximum atomic E-state index is 6.49. The highest BCUT2D eigenvalue weighted by atomic mass is 16.5. The summed E-state index contributed by atoms with van der Waals surface area (Å²) in [6, 6.07) is 1.93. The normalized spacial score (nSPS) is 19.2. The summed E-state index contributed by atoms with van der Waals surface area (Å²) >= 11 is 0. The molecule has 1 aromatic heterocycles. The molecule has 0 radical (unpaired) electrons. The van der Waals surface area contributed by atoms with Crippen molar-refractivity contribution < 1.29 is 4.74 Å². The lowest BCUT2D eigenvalue weighted by Crippen LogP contribution is -2.53. The summed E-state index contributed by atoms with van der Waals surface area (Å²) in [5.74, 6) is 0.766. The number of nitrogens with zero attached hydrogens (tertiary/aromatic N) is 2. The second kappa shape index (κ2) is 5.88. The zero-order chi connectivity index (χ0) is 13.9. The number of likely N-dealkylation sites (tertiary alicyclic amines) is 1. The molecule has 0 aromatic carbocycles. The third kappa shape index (κ3) is 3.07. The predicted octanol–water partition coefficient (Wildman–Crippen LogP) is 2.35. The molecule has 19 heavy (non-hydrogen) atoms. The molecule has 1 atom stereocenters. The molecule has 4 nitrogen and oxygen atoms in total. The van der Waals surface area contributed by atoms with Gasteiger partial charge in [0.15, 0.2) is 0 Å². The molecule has 1 saturated heterocycles. The van der Waals surface area contributed by atoms with Crippen LogP contribution >= 0.6 is 0 Å². The van der Waals surface area contributed by atoms with Crippen molar-refractivity contribution in [3.63, 3.8) is 0 Å². The predicted molar refractivity (Wildman–Crippen MR) is 77.2 cm³/mol. The first-order valence-corrected chi connectivity index (χ1v) is 7.05. The van der Waals surface area contributed by atoms with Crippen molar-refractivity contribution in [2.45, 2.75) is 44.7 Å². The van der Waals surface area contributed by atoms with Crippen molar-refractivity contribution in [2.75, 3.05) is 20.2 Å². The van der Waals surface area contributed by atoms with Gasteiger partial charge in [-0.25, -0.2) is 0 Å². The van der Waals surface area contributed by atoms with E-state index in [0.717, 1.165) is 24.4 Å². The van der Waals surface area contributed by atoms with E-state index in [2.05, 4.69) is 23.7 Å². The number of hydrogen-bond acceptors (Lipinski definition) is 4. The van der Waals surface area contributed by atoms with E-state index in [4.69, 9.17) is 10.5 Å². The summed E-state index contributed by atoms with van der Waals surface area (Å²) in [6.07, 6.45) is 7.44. The van der Waals surface area contributed by atoms with E-state index in [1.54, 1.807) is 13.3 Å². The SMILES string of the molecule is COc1cncc(C(N)C(C)(C)N2CCCCC2)c1. The Bertz CT molecular complexity index is 414. The van der Waals surface area contributed by atoms with E-state index in [1.807, 2.05) is 12.3 Å². The van der Waals surface area contributed by atoms with Crippen LogP contribution in [0, 0.1) is 0 Å². The van der Waals surface area contributed by atoms with E-state index in [1.165, 1.54) is 19.3 Å². The van der Waals surface area contributed by atoms with Gasteiger partial charge in [0, 0.05) is 17.8 Å². The first-order chi connectivity index (χ1) is 9.05. The molecule has 1 aliphatic rings. The minimum Gasteiger partial charge on any atom is -0.495 e. The largest absolute Gasteiger partial charge is 0.495 e. The van der Waals surface area contributed by atoms with Gasteiger partial charge in [0.25, 0.3) is 0 Å². The van der Waals surface area contributed by atoms with E-state index in [9.17, 15) is 0 Å². The molecule has 4 heteroatoms. The minimum atomic E-state index is -0.0619. The van der Waals surface area contributed by atoms with Crippen LogP contribution in [0.2, 0.25) is 0 Å². The lowest BCUT2D eigenvalue weighted by molar-refractivity contribution is 0.0728. The van der Waals surface area contributed by atoms with Gasteiger partial charge < -0.3 is 10.5 Å². The molecule has 2 rings (SSSR count). The molecule has 1 aromatic rings. The lowest BCUT2D eigenvalue weighted by atomic mass is 9.87. The average molecular weight is 263 g/mol.